The fourth-order valence-corrected chi connectivity index (χ4v) is 2.63. The van der Waals surface area contributed by atoms with Gasteiger partial charge in [-0.25, -0.2) is 0 Å². The van der Waals surface area contributed by atoms with Gasteiger partial charge in [-0.1, -0.05) is 30.3 Å². The third-order valence-electron chi connectivity index (χ3n) is 3.81. The number of hydrogen-bond acceptors (Lipinski definition) is 3. The first kappa shape index (κ1) is 23.5. The molecule has 0 fully saturated rings. The fraction of sp³-hybridized carbons (Fsp3) is 0.263. The molecule has 0 spiro atoms. The van der Waals surface area contributed by atoms with E-state index in [0.717, 1.165) is 17.7 Å². The summed E-state index contributed by atoms with van der Waals surface area (Å²) in [5.41, 5.74) is 5.53. The Hall–Kier alpha value is -2.58. The zero-order valence-corrected chi connectivity index (χ0v) is 15.9. The number of rotatable bonds is 6. The maximum atomic E-state index is 13.0. The van der Waals surface area contributed by atoms with E-state index < -0.39 is 23.7 Å². The highest BCUT2D eigenvalue weighted by Gasteiger charge is 2.31. The van der Waals surface area contributed by atoms with Gasteiger partial charge in [-0.3, -0.25) is 9.59 Å². The van der Waals surface area contributed by atoms with Gasteiger partial charge in [0.25, 0.3) is 0 Å². The molecule has 4 N–H and O–H groups in total. The number of halogens is 4. The van der Waals surface area contributed by atoms with E-state index in [0.29, 0.717) is 0 Å². The number of nitrogens with two attached hydrogens (primary N) is 1. The molecule has 2 aromatic carbocycles. The fourth-order valence-electron chi connectivity index (χ4n) is 2.63. The second-order valence-electron chi connectivity index (χ2n) is 6.04. The Morgan fingerprint density at radius 2 is 1.75 bits per heavy atom. The molecule has 2 amide bonds. The molecule has 0 aliphatic carbocycles. The van der Waals surface area contributed by atoms with E-state index in [1.54, 1.807) is 30.3 Å². The SMILES string of the molecule is CC(=O)NC(CC(=O)Nc1cc(CN)cc(C(F)(F)F)c1)c1ccccc1.Cl. The highest BCUT2D eigenvalue weighted by molar-refractivity contribution is 5.91. The lowest BCUT2D eigenvalue weighted by Gasteiger charge is -2.18. The number of anilines is 1. The van der Waals surface area contributed by atoms with Crippen LogP contribution in [-0.2, 0) is 22.3 Å². The number of amides is 2. The van der Waals surface area contributed by atoms with Crippen molar-refractivity contribution in [2.24, 2.45) is 5.73 Å². The third-order valence-corrected chi connectivity index (χ3v) is 3.81. The molecule has 0 saturated heterocycles. The lowest BCUT2D eigenvalue weighted by molar-refractivity contribution is -0.137. The van der Waals surface area contributed by atoms with E-state index in [2.05, 4.69) is 10.6 Å². The van der Waals surface area contributed by atoms with Crippen molar-refractivity contribution in [2.45, 2.75) is 32.1 Å². The number of hydrogen-bond donors (Lipinski definition) is 3. The highest BCUT2D eigenvalue weighted by Crippen LogP contribution is 2.32. The zero-order valence-electron chi connectivity index (χ0n) is 15.0. The smallest absolute Gasteiger partial charge is 0.349 e. The van der Waals surface area contributed by atoms with Crippen LogP contribution < -0.4 is 16.4 Å². The van der Waals surface area contributed by atoms with Crippen LogP contribution in [0.25, 0.3) is 0 Å². The van der Waals surface area contributed by atoms with Crippen molar-refractivity contribution in [2.75, 3.05) is 5.32 Å². The second-order valence-corrected chi connectivity index (χ2v) is 6.04. The van der Waals surface area contributed by atoms with E-state index in [-0.39, 0.29) is 42.5 Å². The van der Waals surface area contributed by atoms with Crippen LogP contribution in [0, 0.1) is 0 Å². The summed E-state index contributed by atoms with van der Waals surface area (Å²) in [5, 5.41) is 5.13. The highest BCUT2D eigenvalue weighted by atomic mass is 35.5. The summed E-state index contributed by atoms with van der Waals surface area (Å²) in [4.78, 5) is 23.8. The molecule has 0 bridgehead atoms. The summed E-state index contributed by atoms with van der Waals surface area (Å²) >= 11 is 0. The van der Waals surface area contributed by atoms with Gasteiger partial charge in [0.2, 0.25) is 11.8 Å². The van der Waals surface area contributed by atoms with Gasteiger partial charge in [-0.2, -0.15) is 13.2 Å². The topological polar surface area (TPSA) is 84.2 Å². The molecule has 0 aliphatic heterocycles. The summed E-state index contributed by atoms with van der Waals surface area (Å²) in [5.74, 6) is -0.846. The van der Waals surface area contributed by atoms with Crippen molar-refractivity contribution in [1.82, 2.24) is 5.32 Å². The van der Waals surface area contributed by atoms with Gasteiger partial charge < -0.3 is 16.4 Å². The normalized spacial score (nSPS) is 11.9. The maximum absolute atomic E-state index is 13.0. The molecule has 0 radical (unpaired) electrons. The van der Waals surface area contributed by atoms with Crippen molar-refractivity contribution >= 4 is 29.9 Å². The molecule has 2 rings (SSSR count). The predicted octanol–water partition coefficient (Wildman–Crippen LogP) is 3.79. The van der Waals surface area contributed by atoms with Crippen LogP contribution in [0.1, 0.15) is 36.1 Å². The number of carbonyl (C=O) groups is 2. The molecule has 1 unspecified atom stereocenters. The van der Waals surface area contributed by atoms with Crippen LogP contribution in [0.2, 0.25) is 0 Å². The Balaban J connectivity index is 0.00000392. The lowest BCUT2D eigenvalue weighted by atomic mass is 10.0. The van der Waals surface area contributed by atoms with Gasteiger partial charge >= 0.3 is 6.18 Å². The minimum Gasteiger partial charge on any atom is -0.349 e. The van der Waals surface area contributed by atoms with E-state index in [1.807, 2.05) is 0 Å². The largest absolute Gasteiger partial charge is 0.416 e. The Morgan fingerprint density at radius 1 is 1.11 bits per heavy atom. The van der Waals surface area contributed by atoms with Gasteiger partial charge in [-0.15, -0.1) is 12.4 Å². The molecule has 5 nitrogen and oxygen atoms in total. The number of benzene rings is 2. The molecule has 9 heteroatoms. The molecule has 28 heavy (non-hydrogen) atoms. The van der Waals surface area contributed by atoms with Crippen molar-refractivity contribution in [3.05, 3.63) is 65.2 Å². The van der Waals surface area contributed by atoms with E-state index in [4.69, 9.17) is 5.73 Å². The Kier molecular flexibility index (Phi) is 8.46. The molecule has 2 aromatic rings. The standard InChI is InChI=1S/C19H20F3N3O2.ClH/c1-12(26)24-17(14-5-3-2-4-6-14)10-18(27)25-16-8-13(11-23)7-15(9-16)19(20,21)22;/h2-9,17H,10-11,23H2,1H3,(H,24,26)(H,25,27);1H. The average molecular weight is 416 g/mol. The molecule has 0 aliphatic rings. The van der Waals surface area contributed by atoms with E-state index in [9.17, 15) is 22.8 Å². The summed E-state index contributed by atoms with van der Waals surface area (Å²) in [6.45, 7) is 1.24. The van der Waals surface area contributed by atoms with Crippen LogP contribution in [0.5, 0.6) is 0 Å². The van der Waals surface area contributed by atoms with Crippen LogP contribution in [-0.4, -0.2) is 11.8 Å². The maximum Gasteiger partial charge on any atom is 0.416 e. The van der Waals surface area contributed by atoms with Crippen LogP contribution in [0.3, 0.4) is 0 Å². The van der Waals surface area contributed by atoms with Crippen molar-refractivity contribution in [3.8, 4) is 0 Å². The molecular formula is C19H21ClF3N3O2. The average Bonchev–Trinajstić information content (AvgIpc) is 2.60. The third kappa shape index (κ3) is 6.86. The Bertz CT molecular complexity index is 814. The molecular weight excluding hydrogens is 395 g/mol. The summed E-state index contributed by atoms with van der Waals surface area (Å²) in [7, 11) is 0. The van der Waals surface area contributed by atoms with Crippen molar-refractivity contribution in [3.63, 3.8) is 0 Å². The monoisotopic (exact) mass is 415 g/mol. The molecule has 0 aromatic heterocycles. The van der Waals surface area contributed by atoms with Crippen LogP contribution in [0.4, 0.5) is 18.9 Å². The van der Waals surface area contributed by atoms with Gasteiger partial charge in [0.05, 0.1) is 18.0 Å². The van der Waals surface area contributed by atoms with Crippen molar-refractivity contribution in [1.29, 1.82) is 0 Å². The minimum absolute atomic E-state index is 0. The van der Waals surface area contributed by atoms with Crippen LogP contribution >= 0.6 is 12.4 Å². The first-order valence-electron chi connectivity index (χ1n) is 8.22. The van der Waals surface area contributed by atoms with E-state index in [1.165, 1.54) is 13.0 Å². The van der Waals surface area contributed by atoms with Crippen LogP contribution in [0.15, 0.2) is 48.5 Å². The number of alkyl halides is 3. The number of carbonyl (C=O) groups excluding carboxylic acids is 2. The van der Waals surface area contributed by atoms with Crippen molar-refractivity contribution < 1.29 is 22.8 Å². The molecule has 1 atom stereocenters. The Morgan fingerprint density at radius 3 is 2.29 bits per heavy atom. The zero-order chi connectivity index (χ0) is 20.0. The molecule has 152 valence electrons. The minimum atomic E-state index is -4.55. The van der Waals surface area contributed by atoms with Gasteiger partial charge in [0.15, 0.2) is 0 Å². The summed E-state index contributed by atoms with van der Waals surface area (Å²) in [6.07, 6.45) is -4.68. The van der Waals surface area contributed by atoms with Gasteiger partial charge in [0, 0.05) is 19.2 Å². The van der Waals surface area contributed by atoms with Gasteiger partial charge in [-0.05, 0) is 29.3 Å². The van der Waals surface area contributed by atoms with Gasteiger partial charge in [0.1, 0.15) is 0 Å². The quantitative estimate of drug-likeness (QED) is 0.671. The second kappa shape index (κ2) is 10.1. The van der Waals surface area contributed by atoms with E-state index >= 15 is 0 Å². The molecule has 0 saturated carbocycles. The molecule has 0 heterocycles. The predicted molar refractivity (Wildman–Crippen MR) is 103 cm³/mol. The first-order chi connectivity index (χ1) is 12.7. The first-order valence-corrected chi connectivity index (χ1v) is 8.22. The lowest BCUT2D eigenvalue weighted by Crippen LogP contribution is -2.29. The summed E-state index contributed by atoms with van der Waals surface area (Å²) < 4.78 is 39.0. The Labute approximate surface area is 166 Å². The number of nitrogens with one attached hydrogen (secondary N) is 2. The summed E-state index contributed by atoms with van der Waals surface area (Å²) in [6, 6.07) is 11.4.